The number of nitrogens with one attached hydrogen (secondary N) is 1. The van der Waals surface area contributed by atoms with Crippen LogP contribution in [0.3, 0.4) is 0 Å². The highest BCUT2D eigenvalue weighted by atomic mass is 16.6. The van der Waals surface area contributed by atoms with Gasteiger partial charge in [0.2, 0.25) is 6.41 Å². The van der Waals surface area contributed by atoms with E-state index >= 15 is 0 Å². The van der Waals surface area contributed by atoms with E-state index in [0.29, 0.717) is 6.54 Å². The summed E-state index contributed by atoms with van der Waals surface area (Å²) < 4.78 is 12.0. The molecule has 1 saturated heterocycles. The molecule has 0 saturated carbocycles. The molecule has 33 heavy (non-hydrogen) atoms. The van der Waals surface area contributed by atoms with Crippen LogP contribution in [-0.2, 0) is 11.2 Å². The molecule has 2 aliphatic rings. The number of anilines is 4. The lowest BCUT2D eigenvalue weighted by Crippen LogP contribution is -2.41. The Morgan fingerprint density at radius 3 is 2.82 bits per heavy atom. The predicted octanol–water partition coefficient (Wildman–Crippen LogP) is 3.78. The molecule has 0 aliphatic carbocycles. The van der Waals surface area contributed by atoms with Crippen LogP contribution < -0.4 is 19.9 Å². The fourth-order valence-electron chi connectivity index (χ4n) is 4.36. The number of rotatable bonds is 7. The first-order valence-electron chi connectivity index (χ1n) is 11.7. The topological polar surface area (TPSA) is 73.3 Å². The molecule has 0 amide bonds. The summed E-state index contributed by atoms with van der Waals surface area (Å²) >= 11 is 0. The van der Waals surface area contributed by atoms with E-state index in [-0.39, 0.29) is 6.10 Å². The van der Waals surface area contributed by atoms with Crippen LogP contribution in [0.4, 0.5) is 22.9 Å². The van der Waals surface area contributed by atoms with Crippen molar-refractivity contribution in [2.45, 2.75) is 58.7 Å². The smallest absolute Gasteiger partial charge is 0.216 e. The maximum atomic E-state index is 10.4. The standard InChI is InChI=1S/C25H37N5O3/c1-7-17-12-18(32-19-10-11-30(15-19)24(31)33-25(2,3)4)8-9-21(17)29(6)23-13-22-20(14-26-23)27-16-28(22)5/h8-9,12-14,19,24,27,31H,7,10-11,15-16H2,1-6H3/t19?,24-/m0/s1. The fraction of sp³-hybridized carbons (Fsp3) is 0.560. The fourth-order valence-corrected chi connectivity index (χ4v) is 4.36. The maximum absolute atomic E-state index is 10.4. The van der Waals surface area contributed by atoms with Crippen molar-refractivity contribution in [1.82, 2.24) is 9.88 Å². The number of hydrogen-bond acceptors (Lipinski definition) is 8. The molecule has 1 aromatic carbocycles. The number of benzene rings is 1. The Morgan fingerprint density at radius 2 is 2.09 bits per heavy atom. The summed E-state index contributed by atoms with van der Waals surface area (Å²) in [4.78, 5) is 10.9. The van der Waals surface area contributed by atoms with E-state index in [1.165, 1.54) is 5.56 Å². The third-order valence-electron chi connectivity index (χ3n) is 6.17. The number of aryl methyl sites for hydroxylation is 1. The molecule has 8 nitrogen and oxygen atoms in total. The summed E-state index contributed by atoms with van der Waals surface area (Å²) in [5.74, 6) is 1.76. The van der Waals surface area contributed by atoms with Crippen molar-refractivity contribution in [3.63, 3.8) is 0 Å². The second kappa shape index (κ2) is 9.37. The second-order valence-electron chi connectivity index (χ2n) is 9.88. The lowest BCUT2D eigenvalue weighted by Gasteiger charge is -2.29. The molecule has 180 valence electrons. The van der Waals surface area contributed by atoms with Gasteiger partial charge in [-0.15, -0.1) is 0 Å². The molecule has 2 N–H and O–H groups in total. The average molecular weight is 456 g/mol. The first-order chi connectivity index (χ1) is 15.6. The van der Waals surface area contributed by atoms with Gasteiger partial charge in [0.1, 0.15) is 17.7 Å². The molecule has 2 aliphatic heterocycles. The SMILES string of the molecule is CCc1cc(OC2CCN([C@@H](O)OC(C)(C)C)C2)ccc1N(C)c1cc2c(cn1)NCN2C. The number of ether oxygens (including phenoxy) is 2. The van der Waals surface area contributed by atoms with E-state index in [4.69, 9.17) is 9.47 Å². The Labute approximate surface area is 197 Å². The summed E-state index contributed by atoms with van der Waals surface area (Å²) in [7, 11) is 4.13. The van der Waals surface area contributed by atoms with E-state index in [0.717, 1.165) is 54.7 Å². The molecule has 2 aromatic rings. The number of pyridine rings is 1. The Morgan fingerprint density at radius 1 is 1.30 bits per heavy atom. The molecule has 8 heteroatoms. The molecule has 4 rings (SSSR count). The molecule has 0 bridgehead atoms. The Hall–Kier alpha value is -2.55. The van der Waals surface area contributed by atoms with Crippen LogP contribution in [0.25, 0.3) is 0 Å². The summed E-state index contributed by atoms with van der Waals surface area (Å²) in [6, 6.07) is 8.38. The molecule has 1 aromatic heterocycles. The summed E-state index contributed by atoms with van der Waals surface area (Å²) in [5, 5.41) is 13.7. The number of nitrogens with zero attached hydrogens (tertiary/aromatic N) is 4. The van der Waals surface area contributed by atoms with Crippen molar-refractivity contribution in [1.29, 1.82) is 0 Å². The first-order valence-corrected chi connectivity index (χ1v) is 11.7. The Kier molecular flexibility index (Phi) is 6.70. The monoisotopic (exact) mass is 455 g/mol. The van der Waals surface area contributed by atoms with Crippen molar-refractivity contribution < 1.29 is 14.6 Å². The normalized spacial score (nSPS) is 19.4. The minimum Gasteiger partial charge on any atom is -0.489 e. The summed E-state index contributed by atoms with van der Waals surface area (Å²) in [6.45, 7) is 10.2. The Balaban J connectivity index is 1.44. The number of aliphatic hydroxyl groups excluding tert-OH is 1. The zero-order valence-electron chi connectivity index (χ0n) is 20.6. The molecule has 0 spiro atoms. The molecule has 3 heterocycles. The van der Waals surface area contributed by atoms with Gasteiger partial charge >= 0.3 is 0 Å². The number of likely N-dealkylation sites (tertiary alicyclic amines) is 1. The van der Waals surface area contributed by atoms with Crippen LogP contribution in [0, 0.1) is 0 Å². The average Bonchev–Trinajstić information content (AvgIpc) is 3.38. The van der Waals surface area contributed by atoms with Crippen molar-refractivity contribution in [3.8, 4) is 5.75 Å². The number of aromatic nitrogens is 1. The highest BCUT2D eigenvalue weighted by Crippen LogP contribution is 2.36. The van der Waals surface area contributed by atoms with Gasteiger partial charge in [0, 0.05) is 38.9 Å². The van der Waals surface area contributed by atoms with Gasteiger partial charge < -0.3 is 29.7 Å². The highest BCUT2D eigenvalue weighted by molar-refractivity contribution is 5.78. The van der Waals surface area contributed by atoms with E-state index in [1.54, 1.807) is 0 Å². The van der Waals surface area contributed by atoms with Crippen LogP contribution in [0.1, 0.15) is 39.7 Å². The van der Waals surface area contributed by atoms with Gasteiger partial charge in [-0.2, -0.15) is 0 Å². The number of hydrogen-bond donors (Lipinski definition) is 2. The zero-order valence-corrected chi connectivity index (χ0v) is 20.6. The minimum absolute atomic E-state index is 0.0259. The molecule has 0 radical (unpaired) electrons. The predicted molar refractivity (Wildman–Crippen MR) is 132 cm³/mol. The third kappa shape index (κ3) is 5.34. The largest absolute Gasteiger partial charge is 0.489 e. The third-order valence-corrected chi connectivity index (χ3v) is 6.17. The van der Waals surface area contributed by atoms with Crippen LogP contribution in [0.5, 0.6) is 5.75 Å². The number of aliphatic hydroxyl groups is 1. The van der Waals surface area contributed by atoms with Gasteiger partial charge in [-0.05, 0) is 57.4 Å². The maximum Gasteiger partial charge on any atom is 0.216 e. The van der Waals surface area contributed by atoms with Crippen LogP contribution in [-0.4, -0.2) is 67.0 Å². The lowest BCUT2D eigenvalue weighted by atomic mass is 10.1. The molecule has 2 atom stereocenters. The molecule has 1 unspecified atom stereocenters. The van der Waals surface area contributed by atoms with Gasteiger partial charge in [0.05, 0.1) is 29.8 Å². The van der Waals surface area contributed by atoms with Crippen LogP contribution in [0.15, 0.2) is 30.5 Å². The van der Waals surface area contributed by atoms with Crippen LogP contribution >= 0.6 is 0 Å². The summed E-state index contributed by atoms with van der Waals surface area (Å²) in [6.07, 6.45) is 2.76. The first kappa shape index (κ1) is 23.6. The zero-order chi connectivity index (χ0) is 23.8. The van der Waals surface area contributed by atoms with Crippen LogP contribution in [0.2, 0.25) is 0 Å². The second-order valence-corrected chi connectivity index (χ2v) is 9.88. The summed E-state index contributed by atoms with van der Waals surface area (Å²) in [5.41, 5.74) is 4.16. The van der Waals surface area contributed by atoms with Gasteiger partial charge in [0.25, 0.3) is 0 Å². The highest BCUT2D eigenvalue weighted by Gasteiger charge is 2.31. The number of fused-ring (bicyclic) bond motifs is 1. The van der Waals surface area contributed by atoms with E-state index < -0.39 is 12.0 Å². The van der Waals surface area contributed by atoms with Crippen molar-refractivity contribution >= 4 is 22.9 Å². The van der Waals surface area contributed by atoms with E-state index in [9.17, 15) is 5.11 Å². The quantitative estimate of drug-likeness (QED) is 0.611. The molecular weight excluding hydrogens is 418 g/mol. The van der Waals surface area contributed by atoms with E-state index in [2.05, 4.69) is 59.3 Å². The van der Waals surface area contributed by atoms with Gasteiger partial charge in [-0.1, -0.05) is 6.92 Å². The van der Waals surface area contributed by atoms with Gasteiger partial charge in [-0.25, -0.2) is 4.98 Å². The van der Waals surface area contributed by atoms with Crippen molar-refractivity contribution in [3.05, 3.63) is 36.0 Å². The van der Waals surface area contributed by atoms with E-state index in [1.807, 2.05) is 37.9 Å². The van der Waals surface area contributed by atoms with Crippen molar-refractivity contribution in [2.75, 3.05) is 49.0 Å². The van der Waals surface area contributed by atoms with Crippen molar-refractivity contribution in [2.24, 2.45) is 0 Å². The van der Waals surface area contributed by atoms with Gasteiger partial charge in [0.15, 0.2) is 0 Å². The molecular formula is C25H37N5O3. The minimum atomic E-state index is -0.908. The lowest BCUT2D eigenvalue weighted by molar-refractivity contribution is -0.234. The Bertz CT molecular complexity index is 977. The van der Waals surface area contributed by atoms with Gasteiger partial charge in [-0.3, -0.25) is 4.90 Å². The molecule has 1 fully saturated rings.